The van der Waals surface area contributed by atoms with Gasteiger partial charge in [0.2, 0.25) is 5.91 Å². The minimum Gasteiger partial charge on any atom is -0.480 e. The standard InChI is InChI=1S/C14H17N3O4/c18-12(19)8-16-5-2-4-10(16)14(21)17-6-1-3-9-11(17)7-15-13(9)20/h2,4-5,9,11H,1,3,6-8H2,(H,15,20)(H,18,19). The molecule has 2 aliphatic rings. The lowest BCUT2D eigenvalue weighted by molar-refractivity contribution is -0.137. The molecule has 2 aliphatic heterocycles. The molecule has 7 heteroatoms. The first-order valence-electron chi connectivity index (χ1n) is 7.03. The highest BCUT2D eigenvalue weighted by atomic mass is 16.4. The predicted octanol–water partition coefficient (Wildman–Crippen LogP) is -0.0767. The van der Waals surface area contributed by atoms with E-state index < -0.39 is 5.97 Å². The van der Waals surface area contributed by atoms with Gasteiger partial charge in [-0.25, -0.2) is 0 Å². The Labute approximate surface area is 121 Å². The van der Waals surface area contributed by atoms with Crippen LogP contribution in [0.2, 0.25) is 0 Å². The summed E-state index contributed by atoms with van der Waals surface area (Å²) in [6, 6.07) is 3.17. The topological polar surface area (TPSA) is 91.6 Å². The number of nitrogens with one attached hydrogen (secondary N) is 1. The molecule has 2 fully saturated rings. The van der Waals surface area contributed by atoms with Gasteiger partial charge in [0.25, 0.3) is 5.91 Å². The molecule has 0 radical (unpaired) electrons. The van der Waals surface area contributed by atoms with Crippen molar-refractivity contribution in [3.8, 4) is 0 Å². The van der Waals surface area contributed by atoms with Gasteiger partial charge >= 0.3 is 5.97 Å². The van der Waals surface area contributed by atoms with Gasteiger partial charge < -0.3 is 19.9 Å². The number of rotatable bonds is 3. The molecular formula is C14H17N3O4. The molecule has 0 spiro atoms. The second kappa shape index (κ2) is 5.23. The van der Waals surface area contributed by atoms with Crippen molar-refractivity contribution < 1.29 is 19.5 Å². The fourth-order valence-electron chi connectivity index (χ4n) is 3.24. The van der Waals surface area contributed by atoms with Crippen LogP contribution in [0.4, 0.5) is 0 Å². The van der Waals surface area contributed by atoms with Gasteiger partial charge in [-0.2, -0.15) is 0 Å². The van der Waals surface area contributed by atoms with Crippen LogP contribution in [-0.4, -0.2) is 51.5 Å². The Balaban J connectivity index is 1.83. The average Bonchev–Trinajstić information content (AvgIpc) is 3.05. The molecule has 7 nitrogen and oxygen atoms in total. The van der Waals surface area contributed by atoms with E-state index in [1.165, 1.54) is 4.57 Å². The summed E-state index contributed by atoms with van der Waals surface area (Å²) in [7, 11) is 0. The fourth-order valence-corrected chi connectivity index (χ4v) is 3.24. The molecule has 1 aromatic rings. The van der Waals surface area contributed by atoms with E-state index in [0.29, 0.717) is 18.8 Å². The highest BCUT2D eigenvalue weighted by Crippen LogP contribution is 2.28. The molecule has 0 saturated carbocycles. The van der Waals surface area contributed by atoms with Crippen LogP contribution in [-0.2, 0) is 16.1 Å². The van der Waals surface area contributed by atoms with E-state index in [-0.39, 0.29) is 30.3 Å². The third-order valence-electron chi connectivity index (χ3n) is 4.22. The SMILES string of the molecule is O=C(O)Cn1cccc1C(=O)N1CCCC2C(=O)NCC21. The number of hydrogen-bond acceptors (Lipinski definition) is 3. The summed E-state index contributed by atoms with van der Waals surface area (Å²) >= 11 is 0. The number of aromatic nitrogens is 1. The number of hydrogen-bond donors (Lipinski definition) is 2. The van der Waals surface area contributed by atoms with Crippen LogP contribution < -0.4 is 5.32 Å². The van der Waals surface area contributed by atoms with Gasteiger partial charge in [-0.3, -0.25) is 14.4 Å². The van der Waals surface area contributed by atoms with Crippen LogP contribution >= 0.6 is 0 Å². The fraction of sp³-hybridized carbons (Fsp3) is 0.500. The molecule has 112 valence electrons. The van der Waals surface area contributed by atoms with Crippen molar-refractivity contribution >= 4 is 17.8 Å². The van der Waals surface area contributed by atoms with E-state index in [1.807, 2.05) is 0 Å². The molecule has 1 aromatic heterocycles. The Morgan fingerprint density at radius 1 is 1.43 bits per heavy atom. The van der Waals surface area contributed by atoms with Gasteiger partial charge in [-0.15, -0.1) is 0 Å². The molecule has 2 unspecified atom stereocenters. The van der Waals surface area contributed by atoms with Gasteiger partial charge in [0.05, 0.1) is 12.0 Å². The Bertz CT molecular complexity index is 595. The molecule has 2 amide bonds. The van der Waals surface area contributed by atoms with Crippen LogP contribution in [0.3, 0.4) is 0 Å². The number of amides is 2. The molecule has 3 heterocycles. The Kier molecular flexibility index (Phi) is 3.40. The van der Waals surface area contributed by atoms with E-state index in [1.54, 1.807) is 23.2 Å². The number of nitrogens with zero attached hydrogens (tertiary/aromatic N) is 2. The van der Waals surface area contributed by atoms with Crippen molar-refractivity contribution in [1.29, 1.82) is 0 Å². The maximum absolute atomic E-state index is 12.7. The normalized spacial score (nSPS) is 24.6. The number of piperidine rings is 1. The summed E-state index contributed by atoms with van der Waals surface area (Å²) in [5.74, 6) is -1.31. The van der Waals surface area contributed by atoms with Crippen molar-refractivity contribution in [3.63, 3.8) is 0 Å². The Hall–Kier alpha value is -2.31. The number of aliphatic carboxylic acids is 1. The smallest absolute Gasteiger partial charge is 0.323 e. The van der Waals surface area contributed by atoms with E-state index in [0.717, 1.165) is 12.8 Å². The van der Waals surface area contributed by atoms with E-state index >= 15 is 0 Å². The first kappa shape index (κ1) is 13.7. The molecular weight excluding hydrogens is 274 g/mol. The average molecular weight is 291 g/mol. The van der Waals surface area contributed by atoms with Crippen molar-refractivity contribution in [2.75, 3.05) is 13.1 Å². The summed E-state index contributed by atoms with van der Waals surface area (Å²) in [6.07, 6.45) is 3.18. The number of carboxylic acids is 1. The molecule has 0 aromatic carbocycles. The molecule has 21 heavy (non-hydrogen) atoms. The second-order valence-electron chi connectivity index (χ2n) is 5.47. The number of carbonyl (C=O) groups excluding carboxylic acids is 2. The Morgan fingerprint density at radius 2 is 2.24 bits per heavy atom. The monoisotopic (exact) mass is 291 g/mol. The van der Waals surface area contributed by atoms with E-state index in [2.05, 4.69) is 5.32 Å². The zero-order chi connectivity index (χ0) is 15.0. The van der Waals surface area contributed by atoms with E-state index in [9.17, 15) is 14.4 Å². The van der Waals surface area contributed by atoms with Crippen molar-refractivity contribution in [1.82, 2.24) is 14.8 Å². The lowest BCUT2D eigenvalue weighted by atomic mass is 9.91. The van der Waals surface area contributed by atoms with Gasteiger partial charge in [-0.1, -0.05) is 0 Å². The summed E-state index contributed by atoms with van der Waals surface area (Å²) in [6.45, 7) is 0.843. The third-order valence-corrected chi connectivity index (χ3v) is 4.22. The summed E-state index contributed by atoms with van der Waals surface area (Å²) < 4.78 is 1.43. The summed E-state index contributed by atoms with van der Waals surface area (Å²) in [4.78, 5) is 37.0. The Morgan fingerprint density at radius 3 is 3.00 bits per heavy atom. The molecule has 3 rings (SSSR count). The van der Waals surface area contributed by atoms with Crippen LogP contribution in [0.1, 0.15) is 23.3 Å². The molecule has 2 saturated heterocycles. The van der Waals surface area contributed by atoms with Crippen LogP contribution in [0, 0.1) is 5.92 Å². The number of carboxylic acid groups (broad SMARTS) is 1. The zero-order valence-corrected chi connectivity index (χ0v) is 11.5. The van der Waals surface area contributed by atoms with Gasteiger partial charge in [-0.05, 0) is 25.0 Å². The molecule has 2 N–H and O–H groups in total. The zero-order valence-electron chi connectivity index (χ0n) is 11.5. The first-order chi connectivity index (χ1) is 10.1. The quantitative estimate of drug-likeness (QED) is 0.815. The number of carbonyl (C=O) groups is 3. The highest BCUT2D eigenvalue weighted by Gasteiger charge is 2.43. The van der Waals surface area contributed by atoms with Gasteiger partial charge in [0, 0.05) is 19.3 Å². The predicted molar refractivity (Wildman–Crippen MR) is 72.6 cm³/mol. The molecule has 2 atom stereocenters. The lowest BCUT2D eigenvalue weighted by Gasteiger charge is -2.36. The molecule has 0 aliphatic carbocycles. The highest BCUT2D eigenvalue weighted by molar-refractivity contribution is 5.94. The van der Waals surface area contributed by atoms with Crippen molar-refractivity contribution in [2.24, 2.45) is 5.92 Å². The molecule has 0 bridgehead atoms. The summed E-state index contributed by atoms with van der Waals surface area (Å²) in [5, 5.41) is 11.7. The second-order valence-corrected chi connectivity index (χ2v) is 5.47. The maximum Gasteiger partial charge on any atom is 0.323 e. The summed E-state index contributed by atoms with van der Waals surface area (Å²) in [5.41, 5.74) is 0.359. The number of fused-ring (bicyclic) bond motifs is 1. The van der Waals surface area contributed by atoms with Crippen molar-refractivity contribution in [2.45, 2.75) is 25.4 Å². The van der Waals surface area contributed by atoms with Gasteiger partial charge in [0.1, 0.15) is 12.2 Å². The maximum atomic E-state index is 12.7. The van der Waals surface area contributed by atoms with Crippen LogP contribution in [0.15, 0.2) is 18.3 Å². The van der Waals surface area contributed by atoms with Crippen LogP contribution in [0.5, 0.6) is 0 Å². The van der Waals surface area contributed by atoms with Crippen molar-refractivity contribution in [3.05, 3.63) is 24.0 Å². The number of likely N-dealkylation sites (tertiary alicyclic amines) is 1. The lowest BCUT2D eigenvalue weighted by Crippen LogP contribution is -2.49. The van der Waals surface area contributed by atoms with Gasteiger partial charge in [0.15, 0.2) is 0 Å². The first-order valence-corrected chi connectivity index (χ1v) is 7.03. The largest absolute Gasteiger partial charge is 0.480 e. The third kappa shape index (κ3) is 2.39. The minimum absolute atomic E-state index is 0.0124. The minimum atomic E-state index is -0.991. The van der Waals surface area contributed by atoms with E-state index in [4.69, 9.17) is 5.11 Å². The van der Waals surface area contributed by atoms with Crippen LogP contribution in [0.25, 0.3) is 0 Å².